The summed E-state index contributed by atoms with van der Waals surface area (Å²) in [4.78, 5) is 14.6. The van der Waals surface area contributed by atoms with E-state index in [1.165, 1.54) is 12.1 Å². The predicted molar refractivity (Wildman–Crippen MR) is 92.6 cm³/mol. The molecule has 1 aliphatic rings. The second kappa shape index (κ2) is 7.35. The number of aliphatic hydroxyl groups excluding tert-OH is 1. The molecule has 1 N–H and O–H groups in total. The highest BCUT2D eigenvalue weighted by Crippen LogP contribution is 2.33. The van der Waals surface area contributed by atoms with E-state index in [4.69, 9.17) is 0 Å². The normalized spacial score (nSPS) is 20.4. The zero-order chi connectivity index (χ0) is 18.0. The molecule has 5 nitrogen and oxygen atoms in total. The van der Waals surface area contributed by atoms with E-state index < -0.39 is 6.10 Å². The molecule has 1 aliphatic heterocycles. The van der Waals surface area contributed by atoms with E-state index in [1.807, 2.05) is 10.9 Å². The largest absolute Gasteiger partial charge is 0.391 e. The van der Waals surface area contributed by atoms with Gasteiger partial charge in [-0.15, -0.1) is 0 Å². The van der Waals surface area contributed by atoms with E-state index in [1.54, 1.807) is 23.1 Å². The molecular weight excluding hydrogens is 321 g/mol. The molecule has 134 valence electrons. The van der Waals surface area contributed by atoms with Gasteiger partial charge in [0, 0.05) is 12.7 Å². The van der Waals surface area contributed by atoms with Crippen LogP contribution < -0.4 is 0 Å². The van der Waals surface area contributed by atoms with Crippen molar-refractivity contribution in [2.24, 2.45) is 0 Å². The van der Waals surface area contributed by atoms with Crippen molar-refractivity contribution in [2.75, 3.05) is 6.54 Å². The molecule has 2 heterocycles. The van der Waals surface area contributed by atoms with Gasteiger partial charge in [-0.05, 0) is 43.0 Å². The number of aromatic nitrogens is 2. The third-order valence-corrected chi connectivity index (χ3v) is 4.94. The summed E-state index contributed by atoms with van der Waals surface area (Å²) < 4.78 is 15.0. The number of carbonyl (C=O) groups is 1. The van der Waals surface area contributed by atoms with E-state index >= 15 is 0 Å². The SMILES string of the molecule is CCC(CC)n1ccc(C(=O)N2C[C@@H](O)C[C@@H]2c2ccc(F)cc2)n1. The van der Waals surface area contributed by atoms with Crippen LogP contribution in [-0.4, -0.2) is 38.3 Å². The number of benzene rings is 1. The van der Waals surface area contributed by atoms with Crippen molar-refractivity contribution in [1.82, 2.24) is 14.7 Å². The van der Waals surface area contributed by atoms with Gasteiger partial charge < -0.3 is 10.0 Å². The van der Waals surface area contributed by atoms with Crippen molar-refractivity contribution < 1.29 is 14.3 Å². The molecule has 2 atom stereocenters. The van der Waals surface area contributed by atoms with Gasteiger partial charge >= 0.3 is 0 Å². The van der Waals surface area contributed by atoms with Gasteiger partial charge in [0.05, 0.1) is 18.2 Å². The maximum Gasteiger partial charge on any atom is 0.274 e. The Balaban J connectivity index is 1.83. The van der Waals surface area contributed by atoms with Crippen LogP contribution in [0.5, 0.6) is 0 Å². The lowest BCUT2D eigenvalue weighted by Crippen LogP contribution is -2.32. The first-order chi connectivity index (χ1) is 12.0. The minimum Gasteiger partial charge on any atom is -0.391 e. The Bertz CT molecular complexity index is 725. The average Bonchev–Trinajstić information content (AvgIpc) is 3.23. The molecule has 1 amide bonds. The smallest absolute Gasteiger partial charge is 0.274 e. The molecule has 1 fully saturated rings. The number of amides is 1. The van der Waals surface area contributed by atoms with E-state index in [9.17, 15) is 14.3 Å². The predicted octanol–water partition coefficient (Wildman–Crippen LogP) is 3.33. The van der Waals surface area contributed by atoms with Gasteiger partial charge in [-0.1, -0.05) is 26.0 Å². The average molecular weight is 345 g/mol. The molecule has 1 aromatic heterocycles. The quantitative estimate of drug-likeness (QED) is 0.904. The van der Waals surface area contributed by atoms with E-state index in [-0.39, 0.29) is 30.4 Å². The highest BCUT2D eigenvalue weighted by Gasteiger charge is 2.36. The summed E-state index contributed by atoms with van der Waals surface area (Å²) in [5, 5.41) is 14.5. The molecule has 3 rings (SSSR count). The Morgan fingerprint density at radius 3 is 2.60 bits per heavy atom. The Hall–Kier alpha value is -2.21. The topological polar surface area (TPSA) is 58.4 Å². The van der Waals surface area contributed by atoms with E-state index in [0.717, 1.165) is 18.4 Å². The van der Waals surface area contributed by atoms with E-state index in [2.05, 4.69) is 18.9 Å². The maximum atomic E-state index is 13.2. The van der Waals surface area contributed by atoms with Crippen molar-refractivity contribution in [2.45, 2.75) is 51.3 Å². The van der Waals surface area contributed by atoms with Crippen LogP contribution in [0.15, 0.2) is 36.5 Å². The number of halogens is 1. The zero-order valence-corrected chi connectivity index (χ0v) is 14.6. The second-order valence-electron chi connectivity index (χ2n) is 6.57. The first-order valence-corrected chi connectivity index (χ1v) is 8.83. The Kier molecular flexibility index (Phi) is 5.18. The molecule has 0 bridgehead atoms. The number of nitrogens with zero attached hydrogens (tertiary/aromatic N) is 3. The minimum absolute atomic E-state index is 0.199. The summed E-state index contributed by atoms with van der Waals surface area (Å²) in [6, 6.07) is 7.84. The number of β-amino-alcohol motifs (C(OH)–C–C–N with tert-alkyl or cyclic N) is 1. The van der Waals surface area contributed by atoms with Gasteiger partial charge in [0.15, 0.2) is 0 Å². The first kappa shape index (κ1) is 17.6. The molecule has 25 heavy (non-hydrogen) atoms. The summed E-state index contributed by atoms with van der Waals surface area (Å²) in [6.45, 7) is 4.45. The highest BCUT2D eigenvalue weighted by molar-refractivity contribution is 5.92. The third kappa shape index (κ3) is 3.58. The van der Waals surface area contributed by atoms with Crippen LogP contribution in [0.3, 0.4) is 0 Å². The van der Waals surface area contributed by atoms with Gasteiger partial charge in [-0.2, -0.15) is 5.10 Å². The number of carbonyl (C=O) groups excluding carboxylic acids is 1. The standard InChI is InChI=1S/C19H24FN3O2/c1-3-15(4-2)23-10-9-17(21-23)19(25)22-12-16(24)11-18(22)13-5-7-14(20)8-6-13/h5-10,15-16,18,24H,3-4,11-12H2,1-2H3/t16-,18+/m0/s1. The zero-order valence-electron chi connectivity index (χ0n) is 14.6. The van der Waals surface area contributed by atoms with Crippen LogP contribution in [0.1, 0.15) is 61.2 Å². The van der Waals surface area contributed by atoms with Crippen molar-refractivity contribution in [1.29, 1.82) is 0 Å². The number of hydrogen-bond donors (Lipinski definition) is 1. The fraction of sp³-hybridized carbons (Fsp3) is 0.474. The Morgan fingerprint density at radius 2 is 1.96 bits per heavy atom. The Labute approximate surface area is 147 Å². The fourth-order valence-electron chi connectivity index (χ4n) is 3.50. The maximum absolute atomic E-state index is 13.2. The minimum atomic E-state index is -0.583. The van der Waals surface area contributed by atoms with Crippen LogP contribution in [0, 0.1) is 5.82 Å². The first-order valence-electron chi connectivity index (χ1n) is 8.83. The van der Waals surface area contributed by atoms with Crippen LogP contribution in [0.4, 0.5) is 4.39 Å². The van der Waals surface area contributed by atoms with Crippen LogP contribution >= 0.6 is 0 Å². The molecule has 2 aromatic rings. The lowest BCUT2D eigenvalue weighted by Gasteiger charge is -2.24. The van der Waals surface area contributed by atoms with Crippen molar-refractivity contribution in [3.63, 3.8) is 0 Å². The van der Waals surface area contributed by atoms with Crippen molar-refractivity contribution in [3.8, 4) is 0 Å². The molecule has 0 radical (unpaired) electrons. The molecule has 1 aromatic carbocycles. The highest BCUT2D eigenvalue weighted by atomic mass is 19.1. The molecule has 0 saturated carbocycles. The number of rotatable bonds is 5. The summed E-state index contributed by atoms with van der Waals surface area (Å²) in [5.74, 6) is -0.514. The van der Waals surface area contributed by atoms with Crippen molar-refractivity contribution in [3.05, 3.63) is 53.6 Å². The van der Waals surface area contributed by atoms with Crippen LogP contribution in [0.25, 0.3) is 0 Å². The van der Waals surface area contributed by atoms with Crippen LogP contribution in [-0.2, 0) is 0 Å². The van der Waals surface area contributed by atoms with Crippen LogP contribution in [0.2, 0.25) is 0 Å². The fourth-order valence-corrected chi connectivity index (χ4v) is 3.50. The second-order valence-corrected chi connectivity index (χ2v) is 6.57. The molecule has 0 unspecified atom stereocenters. The third-order valence-electron chi connectivity index (χ3n) is 4.94. The summed E-state index contributed by atoms with van der Waals surface area (Å²) in [7, 11) is 0. The van der Waals surface area contributed by atoms with Gasteiger partial charge in [0.2, 0.25) is 0 Å². The van der Waals surface area contributed by atoms with Gasteiger partial charge in [-0.3, -0.25) is 9.48 Å². The summed E-state index contributed by atoms with van der Waals surface area (Å²) >= 11 is 0. The summed E-state index contributed by atoms with van der Waals surface area (Å²) in [5.41, 5.74) is 1.21. The molecule has 0 aliphatic carbocycles. The van der Waals surface area contributed by atoms with Crippen molar-refractivity contribution >= 4 is 5.91 Å². The molecular formula is C19H24FN3O2. The lowest BCUT2D eigenvalue weighted by molar-refractivity contribution is 0.0708. The summed E-state index contributed by atoms with van der Waals surface area (Å²) in [6.07, 6.45) is 3.61. The monoisotopic (exact) mass is 345 g/mol. The number of likely N-dealkylation sites (tertiary alicyclic amines) is 1. The molecule has 1 saturated heterocycles. The lowest BCUT2D eigenvalue weighted by atomic mass is 10.0. The molecule has 0 spiro atoms. The number of aliphatic hydroxyl groups is 1. The van der Waals surface area contributed by atoms with E-state index in [0.29, 0.717) is 12.1 Å². The van der Waals surface area contributed by atoms with Gasteiger partial charge in [0.1, 0.15) is 11.5 Å². The van der Waals surface area contributed by atoms with Gasteiger partial charge in [-0.25, -0.2) is 4.39 Å². The van der Waals surface area contributed by atoms with Gasteiger partial charge in [0.25, 0.3) is 5.91 Å². The number of hydrogen-bond acceptors (Lipinski definition) is 3. The molecule has 6 heteroatoms. The Morgan fingerprint density at radius 1 is 1.28 bits per heavy atom.